The quantitative estimate of drug-likeness (QED) is 0.467. The van der Waals surface area contributed by atoms with Crippen molar-refractivity contribution in [2.45, 2.75) is 70.1 Å². The fourth-order valence-corrected chi connectivity index (χ4v) is 5.08. The van der Waals surface area contributed by atoms with Crippen LogP contribution in [0.15, 0.2) is 42.0 Å². The number of nitrogens with zero attached hydrogens (tertiary/aromatic N) is 1. The lowest BCUT2D eigenvalue weighted by molar-refractivity contribution is -0.125. The molecular formula is C25H39N3O6Si. The second-order valence-corrected chi connectivity index (χ2v) is 15.3. The predicted octanol–water partition coefficient (Wildman–Crippen LogP) is 3.20. The molecule has 3 amide bonds. The van der Waals surface area contributed by atoms with Crippen LogP contribution >= 0.6 is 0 Å². The zero-order chi connectivity index (χ0) is 26.6. The van der Waals surface area contributed by atoms with Gasteiger partial charge in [-0.3, -0.25) is 4.79 Å². The van der Waals surface area contributed by atoms with Gasteiger partial charge in [0.2, 0.25) is 0 Å². The van der Waals surface area contributed by atoms with Crippen LogP contribution in [0, 0.1) is 0 Å². The molecule has 194 valence electrons. The Morgan fingerprint density at radius 3 is 2.31 bits per heavy atom. The Kier molecular flexibility index (Phi) is 8.91. The summed E-state index contributed by atoms with van der Waals surface area (Å²) in [6.07, 6.45) is -0.113. The van der Waals surface area contributed by atoms with Crippen LogP contribution in [0.3, 0.4) is 0 Å². The summed E-state index contributed by atoms with van der Waals surface area (Å²) < 4.78 is 11.9. The molecule has 1 aliphatic rings. The second kappa shape index (κ2) is 10.9. The Morgan fingerprint density at radius 1 is 1.20 bits per heavy atom. The number of ketones is 1. The number of Topliss-reactive ketones (excluding diaryl/α,β-unsaturated/α-hetero) is 1. The van der Waals surface area contributed by atoms with Crippen LogP contribution in [-0.4, -0.2) is 74.6 Å². The Labute approximate surface area is 209 Å². The molecule has 0 bridgehead atoms. The number of hydrogen-bond acceptors (Lipinski definition) is 6. The highest BCUT2D eigenvalue weighted by atomic mass is 28.4. The molecule has 2 rings (SSSR count). The van der Waals surface area contributed by atoms with Crippen LogP contribution < -0.4 is 10.6 Å². The first-order valence-electron chi connectivity index (χ1n) is 11.7. The van der Waals surface area contributed by atoms with E-state index in [1.165, 1.54) is 11.0 Å². The van der Waals surface area contributed by atoms with Gasteiger partial charge in [0, 0.05) is 19.7 Å². The Bertz CT molecular complexity index is 958. The summed E-state index contributed by atoms with van der Waals surface area (Å²) >= 11 is 0. The summed E-state index contributed by atoms with van der Waals surface area (Å²) in [7, 11) is 0.711. The number of nitrogens with one attached hydrogen (secondary N) is 2. The first-order valence-corrected chi connectivity index (χ1v) is 14.6. The SMILES string of the molecule is C[C@H](O[Si](C)(C)C(C)(C)C)[C@@]1(NC(=O)N(C)C)C(=O)C(CO)=C[C@@H]1NC(=O)OCc1ccccc1. The third-order valence-electron chi connectivity index (χ3n) is 6.82. The van der Waals surface area contributed by atoms with E-state index in [1.54, 1.807) is 21.0 Å². The molecule has 35 heavy (non-hydrogen) atoms. The maximum Gasteiger partial charge on any atom is 0.408 e. The molecular weight excluding hydrogens is 466 g/mol. The van der Waals surface area contributed by atoms with Crippen LogP contribution in [-0.2, 0) is 20.6 Å². The number of carbonyl (C=O) groups excluding carboxylic acids is 3. The van der Waals surface area contributed by atoms with Crippen LogP contribution in [0.4, 0.5) is 9.59 Å². The van der Waals surface area contributed by atoms with Crippen molar-refractivity contribution in [2.24, 2.45) is 0 Å². The number of carbonyl (C=O) groups is 3. The van der Waals surface area contributed by atoms with E-state index in [4.69, 9.17) is 9.16 Å². The maximum absolute atomic E-state index is 13.6. The molecule has 0 aromatic heterocycles. The normalized spacial score (nSPS) is 21.2. The topological polar surface area (TPSA) is 117 Å². The minimum Gasteiger partial charge on any atom is -0.445 e. The average Bonchev–Trinajstić information content (AvgIpc) is 3.03. The molecule has 0 heterocycles. The zero-order valence-corrected chi connectivity index (χ0v) is 23.0. The smallest absolute Gasteiger partial charge is 0.408 e. The first kappa shape index (κ1) is 28.5. The number of ether oxygens (including phenoxy) is 1. The lowest BCUT2D eigenvalue weighted by Gasteiger charge is -2.46. The Morgan fingerprint density at radius 2 is 1.80 bits per heavy atom. The molecule has 10 heteroatoms. The summed E-state index contributed by atoms with van der Waals surface area (Å²) in [5, 5.41) is 15.2. The number of hydrogen-bond donors (Lipinski definition) is 3. The van der Waals surface area contributed by atoms with Crippen LogP contribution in [0.25, 0.3) is 0 Å². The summed E-state index contributed by atoms with van der Waals surface area (Å²) in [6, 6.07) is 7.67. The van der Waals surface area contributed by atoms with E-state index in [0.29, 0.717) is 0 Å². The van der Waals surface area contributed by atoms with Crippen LogP contribution in [0.5, 0.6) is 0 Å². The molecule has 0 spiro atoms. The average molecular weight is 506 g/mol. The van der Waals surface area contributed by atoms with E-state index < -0.39 is 50.5 Å². The molecule has 1 aliphatic carbocycles. The minimum atomic E-state index is -2.40. The fraction of sp³-hybridized carbons (Fsp3) is 0.560. The van der Waals surface area contributed by atoms with Crippen molar-refractivity contribution in [1.29, 1.82) is 0 Å². The third kappa shape index (κ3) is 6.30. The third-order valence-corrected chi connectivity index (χ3v) is 11.4. The lowest BCUT2D eigenvalue weighted by Crippen LogP contribution is -2.71. The highest BCUT2D eigenvalue weighted by molar-refractivity contribution is 6.74. The van der Waals surface area contributed by atoms with Crippen LogP contribution in [0.1, 0.15) is 33.3 Å². The summed E-state index contributed by atoms with van der Waals surface area (Å²) in [5.74, 6) is -0.505. The summed E-state index contributed by atoms with van der Waals surface area (Å²) in [6.45, 7) is 11.5. The monoisotopic (exact) mass is 505 g/mol. The molecule has 9 nitrogen and oxygen atoms in total. The fourth-order valence-electron chi connectivity index (χ4n) is 3.66. The van der Waals surface area contributed by atoms with Crippen molar-refractivity contribution >= 4 is 26.2 Å². The summed E-state index contributed by atoms with van der Waals surface area (Å²) in [5.41, 5.74) is -0.776. The standard InChI is InChI=1S/C25H39N3O6Si/c1-17(34-35(7,8)24(2,3)4)25(27-22(31)28(5)6)20(14-19(15-29)21(25)30)26-23(32)33-16-18-12-10-9-11-13-18/h9-14,17,20,29H,15-16H2,1-8H3,(H,26,32)(H,27,31)/t17-,20-,25-/m0/s1. The summed E-state index contributed by atoms with van der Waals surface area (Å²) in [4.78, 5) is 40.5. The molecule has 0 saturated heterocycles. The van der Waals surface area contributed by atoms with Crippen molar-refractivity contribution in [3.05, 3.63) is 47.5 Å². The van der Waals surface area contributed by atoms with Crippen molar-refractivity contribution in [3.8, 4) is 0 Å². The number of rotatable bonds is 8. The van der Waals surface area contributed by atoms with Crippen molar-refractivity contribution in [2.75, 3.05) is 20.7 Å². The second-order valence-electron chi connectivity index (χ2n) is 10.6. The van der Waals surface area contributed by atoms with Crippen molar-refractivity contribution in [1.82, 2.24) is 15.5 Å². The molecule has 0 fully saturated rings. The molecule has 0 aliphatic heterocycles. The van der Waals surface area contributed by atoms with Gasteiger partial charge in [-0.15, -0.1) is 0 Å². The minimum absolute atomic E-state index is 0.0387. The van der Waals surface area contributed by atoms with Crippen molar-refractivity contribution < 1.29 is 28.7 Å². The number of benzene rings is 1. The van der Waals surface area contributed by atoms with Crippen molar-refractivity contribution in [3.63, 3.8) is 0 Å². The lowest BCUT2D eigenvalue weighted by atomic mass is 9.84. The van der Waals surface area contributed by atoms with Gasteiger partial charge in [-0.2, -0.15) is 0 Å². The van der Waals surface area contributed by atoms with E-state index >= 15 is 0 Å². The van der Waals surface area contributed by atoms with Gasteiger partial charge in [0.05, 0.1) is 18.8 Å². The number of alkyl carbamates (subject to hydrolysis) is 1. The molecule has 3 N–H and O–H groups in total. The highest BCUT2D eigenvalue weighted by Crippen LogP contribution is 2.40. The van der Waals surface area contributed by atoms with Gasteiger partial charge >= 0.3 is 12.1 Å². The van der Waals surface area contributed by atoms with E-state index in [2.05, 4.69) is 31.4 Å². The highest BCUT2D eigenvalue weighted by Gasteiger charge is 2.58. The van der Waals surface area contributed by atoms with Gasteiger partial charge in [0.1, 0.15) is 6.61 Å². The zero-order valence-electron chi connectivity index (χ0n) is 22.0. The predicted molar refractivity (Wildman–Crippen MR) is 136 cm³/mol. The Balaban J connectivity index is 2.42. The van der Waals surface area contributed by atoms with Crippen LogP contribution in [0.2, 0.25) is 18.1 Å². The van der Waals surface area contributed by atoms with E-state index in [0.717, 1.165) is 5.56 Å². The molecule has 3 atom stereocenters. The molecule has 1 aromatic carbocycles. The van der Waals surface area contributed by atoms with E-state index in [9.17, 15) is 19.5 Å². The largest absolute Gasteiger partial charge is 0.445 e. The number of aliphatic hydroxyl groups excluding tert-OH is 1. The van der Waals surface area contributed by atoms with Gasteiger partial charge < -0.3 is 29.8 Å². The van der Waals surface area contributed by atoms with E-state index in [1.807, 2.05) is 43.4 Å². The molecule has 1 aromatic rings. The van der Waals surface area contributed by atoms with E-state index in [-0.39, 0.29) is 17.2 Å². The van der Waals surface area contributed by atoms with Gasteiger partial charge in [-0.05, 0) is 30.6 Å². The number of urea groups is 1. The first-order chi connectivity index (χ1) is 16.2. The molecule has 0 radical (unpaired) electrons. The number of aliphatic hydroxyl groups is 1. The molecule has 0 saturated carbocycles. The van der Waals surface area contributed by atoms with Gasteiger partial charge in [0.15, 0.2) is 19.6 Å². The Hall–Kier alpha value is -2.69. The van der Waals surface area contributed by atoms with Gasteiger partial charge in [0.25, 0.3) is 0 Å². The number of amides is 3. The van der Waals surface area contributed by atoms with Gasteiger partial charge in [-0.1, -0.05) is 57.2 Å². The van der Waals surface area contributed by atoms with Gasteiger partial charge in [-0.25, -0.2) is 9.59 Å². The molecule has 0 unspecified atom stereocenters. The maximum atomic E-state index is 13.6.